The van der Waals surface area contributed by atoms with Gasteiger partial charge >= 0.3 is 0 Å². The van der Waals surface area contributed by atoms with E-state index in [2.05, 4.69) is 10.2 Å². The van der Waals surface area contributed by atoms with Crippen LogP contribution in [0.2, 0.25) is 10.0 Å². The van der Waals surface area contributed by atoms with Gasteiger partial charge in [0.15, 0.2) is 0 Å². The normalized spacial score (nSPS) is 17.2. The number of methoxy groups -OCH3 is 2. The monoisotopic (exact) mass is 422 g/mol. The molecule has 0 radical (unpaired) electrons. The Labute approximate surface area is 175 Å². The van der Waals surface area contributed by atoms with E-state index in [-0.39, 0.29) is 11.8 Å². The van der Waals surface area contributed by atoms with Crippen molar-refractivity contribution < 1.29 is 14.3 Å². The van der Waals surface area contributed by atoms with Crippen LogP contribution in [0.5, 0.6) is 11.5 Å². The maximum absolute atomic E-state index is 12.8. The molecule has 1 atom stereocenters. The Balaban J connectivity index is 1.63. The van der Waals surface area contributed by atoms with Crippen molar-refractivity contribution in [1.29, 1.82) is 0 Å². The van der Waals surface area contributed by atoms with Gasteiger partial charge in [0.25, 0.3) is 0 Å². The summed E-state index contributed by atoms with van der Waals surface area (Å²) in [6, 6.07) is 11.0. The number of nitrogens with zero attached hydrogens (tertiary/aromatic N) is 1. The van der Waals surface area contributed by atoms with Gasteiger partial charge in [-0.3, -0.25) is 9.69 Å². The highest BCUT2D eigenvalue weighted by atomic mass is 35.5. The first-order valence-corrected chi connectivity index (χ1v) is 9.95. The van der Waals surface area contributed by atoms with Crippen molar-refractivity contribution in [1.82, 2.24) is 4.90 Å². The molecule has 1 aliphatic heterocycles. The predicted octanol–water partition coefficient (Wildman–Crippen LogP) is 4.86. The first-order chi connectivity index (χ1) is 13.5. The van der Waals surface area contributed by atoms with Gasteiger partial charge in [-0.2, -0.15) is 0 Å². The minimum atomic E-state index is -0.0803. The zero-order valence-corrected chi connectivity index (χ0v) is 17.5. The molecule has 0 aromatic heterocycles. The lowest BCUT2D eigenvalue weighted by Crippen LogP contribution is -2.40. The standard InChI is InChI=1S/C21H24Cl2N2O3/c1-27-16-6-8-19(20(11-16)28-2)24-21(26)15-4-3-9-25(13-15)12-14-5-7-17(22)18(23)10-14/h5-8,10-11,15H,3-4,9,12-13H2,1-2H3,(H,24,26). The number of ether oxygens (including phenoxy) is 2. The van der Waals surface area contributed by atoms with Crippen LogP contribution in [-0.2, 0) is 11.3 Å². The largest absolute Gasteiger partial charge is 0.497 e. The lowest BCUT2D eigenvalue weighted by Gasteiger charge is -2.32. The molecule has 7 heteroatoms. The smallest absolute Gasteiger partial charge is 0.228 e. The first-order valence-electron chi connectivity index (χ1n) is 9.19. The molecule has 150 valence electrons. The molecule has 1 N–H and O–H groups in total. The van der Waals surface area contributed by atoms with Crippen LogP contribution in [-0.4, -0.2) is 38.1 Å². The third-order valence-corrected chi connectivity index (χ3v) is 5.67. The topological polar surface area (TPSA) is 50.8 Å². The molecular formula is C21H24Cl2N2O3. The number of hydrogen-bond donors (Lipinski definition) is 1. The van der Waals surface area contributed by atoms with E-state index >= 15 is 0 Å². The second kappa shape index (κ2) is 9.50. The Kier molecular flexibility index (Phi) is 7.05. The molecule has 1 fully saturated rings. The second-order valence-electron chi connectivity index (χ2n) is 6.88. The molecule has 0 aliphatic carbocycles. The summed E-state index contributed by atoms with van der Waals surface area (Å²) in [6.07, 6.45) is 1.83. The summed E-state index contributed by atoms with van der Waals surface area (Å²) < 4.78 is 10.6. The number of carbonyl (C=O) groups is 1. The molecule has 1 unspecified atom stereocenters. The molecule has 1 saturated heterocycles. The van der Waals surface area contributed by atoms with Crippen LogP contribution in [0.25, 0.3) is 0 Å². The number of benzene rings is 2. The van der Waals surface area contributed by atoms with Crippen molar-refractivity contribution in [3.63, 3.8) is 0 Å². The van der Waals surface area contributed by atoms with Gasteiger partial charge in [0.2, 0.25) is 5.91 Å². The molecule has 2 aromatic rings. The molecule has 0 saturated carbocycles. The molecule has 2 aromatic carbocycles. The third kappa shape index (κ3) is 5.10. The molecule has 1 amide bonds. The van der Waals surface area contributed by atoms with E-state index in [0.717, 1.165) is 31.5 Å². The number of piperidine rings is 1. The van der Waals surface area contributed by atoms with Crippen LogP contribution in [0.1, 0.15) is 18.4 Å². The van der Waals surface area contributed by atoms with Crippen molar-refractivity contribution in [2.75, 3.05) is 32.6 Å². The highest BCUT2D eigenvalue weighted by Gasteiger charge is 2.26. The van der Waals surface area contributed by atoms with Crippen LogP contribution < -0.4 is 14.8 Å². The lowest BCUT2D eigenvalue weighted by molar-refractivity contribution is -0.121. The van der Waals surface area contributed by atoms with E-state index in [0.29, 0.717) is 33.8 Å². The molecule has 0 spiro atoms. The molecular weight excluding hydrogens is 399 g/mol. The van der Waals surface area contributed by atoms with E-state index < -0.39 is 0 Å². The average molecular weight is 423 g/mol. The maximum Gasteiger partial charge on any atom is 0.228 e. The summed E-state index contributed by atoms with van der Waals surface area (Å²) in [7, 11) is 3.17. The van der Waals surface area contributed by atoms with Crippen LogP contribution >= 0.6 is 23.2 Å². The van der Waals surface area contributed by atoms with E-state index in [1.807, 2.05) is 18.2 Å². The Bertz CT molecular complexity index is 844. The molecule has 1 heterocycles. The fourth-order valence-electron chi connectivity index (χ4n) is 3.45. The van der Waals surface area contributed by atoms with Gasteiger partial charge in [-0.1, -0.05) is 29.3 Å². The SMILES string of the molecule is COc1ccc(NC(=O)C2CCCN(Cc3ccc(Cl)c(Cl)c3)C2)c(OC)c1. The number of amides is 1. The third-order valence-electron chi connectivity index (χ3n) is 4.93. The number of halogens is 2. The number of carbonyl (C=O) groups excluding carboxylic acids is 1. The van der Waals surface area contributed by atoms with E-state index in [1.165, 1.54) is 0 Å². The maximum atomic E-state index is 12.8. The summed E-state index contributed by atoms with van der Waals surface area (Å²) in [5, 5.41) is 4.10. The van der Waals surface area contributed by atoms with Gasteiger partial charge in [0.1, 0.15) is 11.5 Å². The number of hydrogen-bond acceptors (Lipinski definition) is 4. The fourth-order valence-corrected chi connectivity index (χ4v) is 3.77. The minimum Gasteiger partial charge on any atom is -0.497 e. The predicted molar refractivity (Wildman–Crippen MR) is 113 cm³/mol. The molecule has 1 aliphatic rings. The number of nitrogens with one attached hydrogen (secondary N) is 1. The van der Waals surface area contributed by atoms with Crippen molar-refractivity contribution in [2.45, 2.75) is 19.4 Å². The lowest BCUT2D eigenvalue weighted by atomic mass is 9.96. The fraction of sp³-hybridized carbons (Fsp3) is 0.381. The van der Waals surface area contributed by atoms with E-state index in [4.69, 9.17) is 32.7 Å². The van der Waals surface area contributed by atoms with Gasteiger partial charge in [0.05, 0.1) is 35.9 Å². The Morgan fingerprint density at radius 2 is 1.96 bits per heavy atom. The zero-order chi connectivity index (χ0) is 20.1. The number of rotatable bonds is 6. The highest BCUT2D eigenvalue weighted by Crippen LogP contribution is 2.30. The van der Waals surface area contributed by atoms with Crippen LogP contribution in [0, 0.1) is 5.92 Å². The summed E-state index contributed by atoms with van der Waals surface area (Å²) in [4.78, 5) is 15.1. The summed E-state index contributed by atoms with van der Waals surface area (Å²) in [5.41, 5.74) is 1.74. The minimum absolute atomic E-state index is 0.00213. The van der Waals surface area contributed by atoms with Crippen LogP contribution in [0.15, 0.2) is 36.4 Å². The quantitative estimate of drug-likeness (QED) is 0.721. The van der Waals surface area contributed by atoms with Crippen molar-refractivity contribution >= 4 is 34.8 Å². The zero-order valence-electron chi connectivity index (χ0n) is 16.0. The molecule has 3 rings (SSSR count). The van der Waals surface area contributed by atoms with Crippen molar-refractivity contribution in [2.24, 2.45) is 5.92 Å². The first kappa shape index (κ1) is 20.8. The number of likely N-dealkylation sites (tertiary alicyclic amines) is 1. The summed E-state index contributed by atoms with van der Waals surface area (Å²) in [5.74, 6) is 1.18. The Morgan fingerprint density at radius 3 is 2.68 bits per heavy atom. The summed E-state index contributed by atoms with van der Waals surface area (Å²) in [6.45, 7) is 2.40. The molecule has 28 heavy (non-hydrogen) atoms. The van der Waals surface area contributed by atoms with Gasteiger partial charge < -0.3 is 14.8 Å². The van der Waals surface area contributed by atoms with Crippen LogP contribution in [0.4, 0.5) is 5.69 Å². The Hall–Kier alpha value is -1.95. The van der Waals surface area contributed by atoms with Gasteiger partial charge in [-0.05, 0) is 49.2 Å². The summed E-state index contributed by atoms with van der Waals surface area (Å²) >= 11 is 12.1. The average Bonchev–Trinajstić information content (AvgIpc) is 2.71. The van der Waals surface area contributed by atoms with Gasteiger partial charge in [0, 0.05) is 19.2 Å². The Morgan fingerprint density at radius 1 is 1.14 bits per heavy atom. The highest BCUT2D eigenvalue weighted by molar-refractivity contribution is 6.42. The van der Waals surface area contributed by atoms with E-state index in [9.17, 15) is 4.79 Å². The van der Waals surface area contributed by atoms with Crippen LogP contribution in [0.3, 0.4) is 0 Å². The van der Waals surface area contributed by atoms with Crippen molar-refractivity contribution in [3.05, 3.63) is 52.0 Å². The van der Waals surface area contributed by atoms with E-state index in [1.54, 1.807) is 32.4 Å². The molecule has 5 nitrogen and oxygen atoms in total. The van der Waals surface area contributed by atoms with Gasteiger partial charge in [-0.15, -0.1) is 0 Å². The second-order valence-corrected chi connectivity index (χ2v) is 7.69. The van der Waals surface area contributed by atoms with Gasteiger partial charge in [-0.25, -0.2) is 0 Å². The molecule has 0 bridgehead atoms. The number of anilines is 1. The van der Waals surface area contributed by atoms with Crippen molar-refractivity contribution in [3.8, 4) is 11.5 Å².